The average molecular weight is 552 g/mol. The summed E-state index contributed by atoms with van der Waals surface area (Å²) in [6, 6.07) is 20.5. The zero-order valence-electron chi connectivity index (χ0n) is 19.0. The number of nitrogens with zero attached hydrogens (tertiary/aromatic N) is 4. The molecule has 35 heavy (non-hydrogen) atoms. The number of nitrogens with one attached hydrogen (secondary N) is 1. The van der Waals surface area contributed by atoms with Crippen molar-refractivity contribution in [1.82, 2.24) is 20.2 Å². The third-order valence-corrected chi connectivity index (χ3v) is 6.41. The van der Waals surface area contributed by atoms with E-state index >= 15 is 0 Å². The maximum Gasteiger partial charge on any atom is 0.250 e. The van der Waals surface area contributed by atoms with Gasteiger partial charge >= 0.3 is 0 Å². The Morgan fingerprint density at radius 1 is 1.14 bits per heavy atom. The van der Waals surface area contributed by atoms with Crippen LogP contribution in [-0.4, -0.2) is 44.9 Å². The molecule has 0 unspecified atom stereocenters. The lowest BCUT2D eigenvalue weighted by molar-refractivity contribution is -0.118. The molecule has 1 aromatic heterocycles. The summed E-state index contributed by atoms with van der Waals surface area (Å²) >= 11 is 4.59. The average Bonchev–Trinajstić information content (AvgIpc) is 3.29. The lowest BCUT2D eigenvalue weighted by Gasteiger charge is -2.11. The van der Waals surface area contributed by atoms with Gasteiger partial charge in [-0.25, -0.2) is 5.43 Å². The molecule has 3 aromatic carbocycles. The van der Waals surface area contributed by atoms with Gasteiger partial charge < -0.3 is 9.84 Å². The van der Waals surface area contributed by atoms with Gasteiger partial charge in [0.25, 0.3) is 5.91 Å². The number of carbonyl (C=O) groups is 1. The second-order valence-electron chi connectivity index (χ2n) is 7.49. The number of carbonyl (C=O) groups excluding carboxylic acids is 1. The molecular weight excluding hydrogens is 530 g/mol. The Labute approximate surface area is 215 Å². The summed E-state index contributed by atoms with van der Waals surface area (Å²) in [6.07, 6.45) is 1.39. The smallest absolute Gasteiger partial charge is 0.250 e. The zero-order chi connectivity index (χ0) is 24.8. The molecule has 0 saturated carbocycles. The monoisotopic (exact) mass is 551 g/mol. The molecule has 0 fully saturated rings. The van der Waals surface area contributed by atoms with E-state index in [0.29, 0.717) is 16.5 Å². The van der Waals surface area contributed by atoms with Crippen LogP contribution in [0.15, 0.2) is 81.5 Å². The Morgan fingerprint density at radius 3 is 2.60 bits per heavy atom. The second-order valence-corrected chi connectivity index (χ2v) is 9.35. The van der Waals surface area contributed by atoms with Crippen LogP contribution in [0.4, 0.5) is 0 Å². The molecule has 0 saturated heterocycles. The summed E-state index contributed by atoms with van der Waals surface area (Å²) in [4.78, 5) is 12.4. The van der Waals surface area contributed by atoms with Crippen LogP contribution in [0.5, 0.6) is 11.5 Å². The Hall–Kier alpha value is -3.63. The lowest BCUT2D eigenvalue weighted by atomic mass is 10.2. The van der Waals surface area contributed by atoms with E-state index in [2.05, 4.69) is 36.7 Å². The number of phenolic OH excluding ortho intramolecular Hbond substituents is 1. The van der Waals surface area contributed by atoms with Crippen molar-refractivity contribution < 1.29 is 14.6 Å². The molecule has 0 aliphatic heterocycles. The van der Waals surface area contributed by atoms with Crippen molar-refractivity contribution in [2.45, 2.75) is 12.1 Å². The number of methoxy groups -OCH3 is 1. The Morgan fingerprint density at radius 2 is 1.89 bits per heavy atom. The fraction of sp³-hybridized carbons (Fsp3) is 0.120. The minimum absolute atomic E-state index is 0.0674. The third kappa shape index (κ3) is 6.09. The maximum atomic E-state index is 12.4. The van der Waals surface area contributed by atoms with Gasteiger partial charge in [-0.05, 0) is 61.5 Å². The van der Waals surface area contributed by atoms with E-state index in [9.17, 15) is 9.90 Å². The van der Waals surface area contributed by atoms with E-state index in [1.54, 1.807) is 25.3 Å². The second kappa shape index (κ2) is 11.2. The normalized spacial score (nSPS) is 11.1. The SMILES string of the molecule is COc1ccc(-c2nnc(SCC(=O)N/N=C/c3cc(Br)ccc3O)n2-c2ccc(C)cc2)cc1. The molecule has 0 radical (unpaired) electrons. The topological polar surface area (TPSA) is 102 Å². The fourth-order valence-electron chi connectivity index (χ4n) is 3.18. The van der Waals surface area contributed by atoms with Crippen molar-refractivity contribution in [3.8, 4) is 28.6 Å². The predicted octanol–water partition coefficient (Wildman–Crippen LogP) is 4.96. The van der Waals surface area contributed by atoms with E-state index in [1.807, 2.05) is 60.0 Å². The van der Waals surface area contributed by atoms with Gasteiger partial charge in [-0.1, -0.05) is 45.4 Å². The lowest BCUT2D eigenvalue weighted by Crippen LogP contribution is -2.20. The van der Waals surface area contributed by atoms with Crippen LogP contribution in [0.2, 0.25) is 0 Å². The summed E-state index contributed by atoms with van der Waals surface area (Å²) in [5.41, 5.74) is 5.85. The van der Waals surface area contributed by atoms with Crippen LogP contribution >= 0.6 is 27.7 Å². The highest BCUT2D eigenvalue weighted by atomic mass is 79.9. The van der Waals surface area contributed by atoms with Crippen LogP contribution in [0.1, 0.15) is 11.1 Å². The minimum Gasteiger partial charge on any atom is -0.507 e. The van der Waals surface area contributed by atoms with E-state index < -0.39 is 0 Å². The summed E-state index contributed by atoms with van der Waals surface area (Å²) in [7, 11) is 1.62. The number of hydrogen-bond donors (Lipinski definition) is 2. The maximum absolute atomic E-state index is 12.4. The molecule has 8 nitrogen and oxygen atoms in total. The Bertz CT molecular complexity index is 1350. The van der Waals surface area contributed by atoms with Crippen LogP contribution in [0.3, 0.4) is 0 Å². The van der Waals surface area contributed by atoms with Crippen molar-refractivity contribution in [3.05, 3.63) is 82.3 Å². The molecule has 178 valence electrons. The number of aryl methyl sites for hydroxylation is 1. The van der Waals surface area contributed by atoms with Crippen molar-refractivity contribution >= 4 is 39.8 Å². The number of rotatable bonds is 8. The summed E-state index contributed by atoms with van der Waals surface area (Å²) in [5.74, 6) is 1.23. The first-order valence-electron chi connectivity index (χ1n) is 10.5. The van der Waals surface area contributed by atoms with E-state index in [0.717, 1.165) is 27.0 Å². The molecule has 2 N–H and O–H groups in total. The number of amides is 1. The van der Waals surface area contributed by atoms with Crippen molar-refractivity contribution in [1.29, 1.82) is 0 Å². The predicted molar refractivity (Wildman–Crippen MR) is 140 cm³/mol. The van der Waals surface area contributed by atoms with Gasteiger partial charge in [0.1, 0.15) is 11.5 Å². The number of aromatic nitrogens is 3. The number of halogens is 1. The Balaban J connectivity index is 1.52. The van der Waals surface area contributed by atoms with Crippen LogP contribution in [-0.2, 0) is 4.79 Å². The summed E-state index contributed by atoms with van der Waals surface area (Å²) in [6.45, 7) is 2.02. The van der Waals surface area contributed by atoms with Gasteiger partial charge in [0.2, 0.25) is 0 Å². The minimum atomic E-state index is -0.315. The molecule has 0 aliphatic carbocycles. The first-order chi connectivity index (χ1) is 16.9. The van der Waals surface area contributed by atoms with Crippen molar-refractivity contribution in [2.75, 3.05) is 12.9 Å². The third-order valence-electron chi connectivity index (χ3n) is 4.99. The molecule has 0 aliphatic rings. The number of hydrogen-bond acceptors (Lipinski definition) is 7. The molecule has 4 aromatic rings. The number of ether oxygens (including phenoxy) is 1. The highest BCUT2D eigenvalue weighted by molar-refractivity contribution is 9.10. The standard InChI is InChI=1S/C25H22BrN5O3S/c1-16-3-8-20(9-4-16)31-24(17-5-10-21(34-2)11-6-17)29-30-25(31)35-15-23(33)28-27-14-18-13-19(26)7-12-22(18)32/h3-14,32H,15H2,1-2H3,(H,28,33)/b27-14+. The first kappa shape index (κ1) is 24.5. The van der Waals surface area contributed by atoms with Gasteiger partial charge in [0.05, 0.1) is 19.1 Å². The molecule has 1 heterocycles. The quantitative estimate of drug-likeness (QED) is 0.182. The zero-order valence-corrected chi connectivity index (χ0v) is 21.4. The van der Waals surface area contributed by atoms with Gasteiger partial charge in [0, 0.05) is 21.3 Å². The number of aromatic hydroxyl groups is 1. The fourth-order valence-corrected chi connectivity index (χ4v) is 4.31. The molecule has 10 heteroatoms. The molecule has 0 atom stereocenters. The van der Waals surface area contributed by atoms with Crippen LogP contribution in [0.25, 0.3) is 17.1 Å². The molecule has 1 amide bonds. The van der Waals surface area contributed by atoms with E-state index in [1.165, 1.54) is 18.0 Å². The van der Waals surface area contributed by atoms with Gasteiger partial charge in [-0.15, -0.1) is 10.2 Å². The molecule has 4 rings (SSSR count). The highest BCUT2D eigenvalue weighted by Crippen LogP contribution is 2.29. The number of thioether (sulfide) groups is 1. The summed E-state index contributed by atoms with van der Waals surface area (Å²) < 4.78 is 7.97. The number of phenols is 1. The van der Waals surface area contributed by atoms with Gasteiger partial charge in [0.15, 0.2) is 11.0 Å². The molecule has 0 bridgehead atoms. The van der Waals surface area contributed by atoms with Crippen LogP contribution < -0.4 is 10.2 Å². The number of benzene rings is 3. The van der Waals surface area contributed by atoms with Gasteiger partial charge in [-0.2, -0.15) is 5.10 Å². The largest absolute Gasteiger partial charge is 0.507 e. The number of hydrazone groups is 1. The van der Waals surface area contributed by atoms with Crippen LogP contribution in [0, 0.1) is 6.92 Å². The first-order valence-corrected chi connectivity index (χ1v) is 12.3. The molecular formula is C25H22BrN5O3S. The Kier molecular flexibility index (Phi) is 7.84. The van der Waals surface area contributed by atoms with Gasteiger partial charge in [-0.3, -0.25) is 9.36 Å². The van der Waals surface area contributed by atoms with E-state index in [-0.39, 0.29) is 17.4 Å². The molecule has 0 spiro atoms. The van der Waals surface area contributed by atoms with E-state index in [4.69, 9.17) is 4.74 Å². The van der Waals surface area contributed by atoms with Crippen molar-refractivity contribution in [2.24, 2.45) is 5.10 Å². The van der Waals surface area contributed by atoms with Crippen molar-refractivity contribution in [3.63, 3.8) is 0 Å². The highest BCUT2D eigenvalue weighted by Gasteiger charge is 2.17. The summed E-state index contributed by atoms with van der Waals surface area (Å²) in [5, 5.41) is 23.1.